The van der Waals surface area contributed by atoms with Crippen molar-refractivity contribution in [1.82, 2.24) is 0 Å². The van der Waals surface area contributed by atoms with Crippen LogP contribution in [0.1, 0.15) is 15.9 Å². The molecule has 0 saturated heterocycles. The zero-order valence-corrected chi connectivity index (χ0v) is 9.15. The molecule has 0 unspecified atom stereocenters. The van der Waals surface area contributed by atoms with Gasteiger partial charge in [-0.05, 0) is 30.0 Å². The standard InChI is InChI=1S/C13H12O3/c1-8-3-4-9-5-6-10(13(15)16-2)7-11(9)12(8)14/h3-7,14H,1-2H3. The number of rotatable bonds is 1. The summed E-state index contributed by atoms with van der Waals surface area (Å²) in [5.74, 6) is -0.189. The Balaban J connectivity index is 2.69. The van der Waals surface area contributed by atoms with Gasteiger partial charge < -0.3 is 9.84 Å². The monoisotopic (exact) mass is 216 g/mol. The van der Waals surface area contributed by atoms with Gasteiger partial charge in [0, 0.05) is 5.39 Å². The van der Waals surface area contributed by atoms with Gasteiger partial charge in [0.15, 0.2) is 0 Å². The third kappa shape index (κ3) is 1.60. The first-order valence-corrected chi connectivity index (χ1v) is 4.94. The largest absolute Gasteiger partial charge is 0.507 e. The van der Waals surface area contributed by atoms with Crippen LogP contribution in [0.2, 0.25) is 0 Å². The van der Waals surface area contributed by atoms with Crippen LogP contribution in [-0.4, -0.2) is 18.2 Å². The molecular formula is C13H12O3. The zero-order chi connectivity index (χ0) is 11.7. The second kappa shape index (κ2) is 3.85. The Hall–Kier alpha value is -2.03. The molecule has 3 nitrogen and oxygen atoms in total. The zero-order valence-electron chi connectivity index (χ0n) is 9.15. The summed E-state index contributed by atoms with van der Waals surface area (Å²) in [5.41, 5.74) is 1.23. The third-order valence-corrected chi connectivity index (χ3v) is 2.62. The highest BCUT2D eigenvalue weighted by molar-refractivity contribution is 5.97. The Bertz CT molecular complexity index is 558. The highest BCUT2D eigenvalue weighted by Crippen LogP contribution is 2.29. The average molecular weight is 216 g/mol. The van der Waals surface area contributed by atoms with Crippen molar-refractivity contribution in [2.24, 2.45) is 0 Å². The second-order valence-electron chi connectivity index (χ2n) is 3.66. The summed E-state index contributed by atoms with van der Waals surface area (Å²) >= 11 is 0. The number of benzene rings is 2. The van der Waals surface area contributed by atoms with E-state index in [1.165, 1.54) is 7.11 Å². The number of hydrogen-bond donors (Lipinski definition) is 1. The molecule has 0 aliphatic rings. The number of ether oxygens (including phenoxy) is 1. The smallest absolute Gasteiger partial charge is 0.337 e. The summed E-state index contributed by atoms with van der Waals surface area (Å²) in [7, 11) is 1.34. The summed E-state index contributed by atoms with van der Waals surface area (Å²) in [4.78, 5) is 11.3. The van der Waals surface area contributed by atoms with Crippen LogP contribution in [0.3, 0.4) is 0 Å². The van der Waals surface area contributed by atoms with E-state index in [4.69, 9.17) is 0 Å². The number of aromatic hydroxyl groups is 1. The molecule has 0 aliphatic carbocycles. The maximum Gasteiger partial charge on any atom is 0.337 e. The normalized spacial score (nSPS) is 10.4. The number of carbonyl (C=O) groups excluding carboxylic acids is 1. The molecule has 82 valence electrons. The van der Waals surface area contributed by atoms with Crippen LogP contribution >= 0.6 is 0 Å². The maximum atomic E-state index is 11.3. The molecule has 1 N–H and O–H groups in total. The molecule has 0 aliphatic heterocycles. The summed E-state index contributed by atoms with van der Waals surface area (Å²) in [5, 5.41) is 11.5. The van der Waals surface area contributed by atoms with Gasteiger partial charge in [-0.3, -0.25) is 0 Å². The van der Waals surface area contributed by atoms with Crippen molar-refractivity contribution in [1.29, 1.82) is 0 Å². The van der Waals surface area contributed by atoms with Crippen LogP contribution in [0.15, 0.2) is 30.3 Å². The van der Waals surface area contributed by atoms with Crippen molar-refractivity contribution in [2.45, 2.75) is 6.92 Å². The van der Waals surface area contributed by atoms with Crippen molar-refractivity contribution >= 4 is 16.7 Å². The van der Waals surface area contributed by atoms with Gasteiger partial charge in [0.1, 0.15) is 5.75 Å². The van der Waals surface area contributed by atoms with E-state index in [0.717, 1.165) is 10.9 Å². The molecule has 2 rings (SSSR count). The molecule has 3 heteroatoms. The molecule has 0 aromatic heterocycles. The van der Waals surface area contributed by atoms with Crippen LogP contribution in [0.4, 0.5) is 0 Å². The fourth-order valence-electron chi connectivity index (χ4n) is 1.66. The van der Waals surface area contributed by atoms with E-state index in [-0.39, 0.29) is 5.75 Å². The van der Waals surface area contributed by atoms with Gasteiger partial charge in [0.2, 0.25) is 0 Å². The van der Waals surface area contributed by atoms with E-state index >= 15 is 0 Å². The third-order valence-electron chi connectivity index (χ3n) is 2.62. The van der Waals surface area contributed by atoms with Crippen molar-refractivity contribution < 1.29 is 14.6 Å². The van der Waals surface area contributed by atoms with E-state index in [0.29, 0.717) is 10.9 Å². The average Bonchev–Trinajstić information content (AvgIpc) is 2.32. The van der Waals surface area contributed by atoms with Gasteiger partial charge >= 0.3 is 5.97 Å². The number of carbonyl (C=O) groups is 1. The second-order valence-corrected chi connectivity index (χ2v) is 3.66. The van der Waals surface area contributed by atoms with E-state index in [1.807, 2.05) is 19.1 Å². The molecule has 0 spiro atoms. The van der Waals surface area contributed by atoms with Crippen molar-refractivity contribution in [3.05, 3.63) is 41.5 Å². The van der Waals surface area contributed by atoms with E-state index in [2.05, 4.69) is 4.74 Å². The van der Waals surface area contributed by atoms with Crippen LogP contribution in [0, 0.1) is 6.92 Å². The molecule has 2 aromatic rings. The molecule has 0 radical (unpaired) electrons. The number of fused-ring (bicyclic) bond motifs is 1. The first kappa shape index (κ1) is 10.5. The predicted molar refractivity (Wildman–Crippen MR) is 61.7 cm³/mol. The topological polar surface area (TPSA) is 46.5 Å². The van der Waals surface area contributed by atoms with Gasteiger partial charge in [-0.2, -0.15) is 0 Å². The SMILES string of the molecule is COC(=O)c1ccc2ccc(C)c(O)c2c1. The first-order chi connectivity index (χ1) is 7.63. The van der Waals surface area contributed by atoms with Crippen LogP contribution in [0.5, 0.6) is 5.75 Å². The van der Waals surface area contributed by atoms with Crippen molar-refractivity contribution in [3.63, 3.8) is 0 Å². The minimum atomic E-state index is -0.400. The summed E-state index contributed by atoms with van der Waals surface area (Å²) in [6.07, 6.45) is 0. The quantitative estimate of drug-likeness (QED) is 0.745. The number of phenols is 1. The molecule has 16 heavy (non-hydrogen) atoms. The molecule has 0 fully saturated rings. The van der Waals surface area contributed by atoms with Crippen LogP contribution in [0.25, 0.3) is 10.8 Å². The first-order valence-electron chi connectivity index (χ1n) is 4.94. The Morgan fingerprint density at radius 3 is 2.62 bits per heavy atom. The van der Waals surface area contributed by atoms with Gasteiger partial charge in [-0.15, -0.1) is 0 Å². The van der Waals surface area contributed by atoms with Crippen molar-refractivity contribution in [3.8, 4) is 5.75 Å². The Morgan fingerprint density at radius 2 is 1.94 bits per heavy atom. The lowest BCUT2D eigenvalue weighted by molar-refractivity contribution is 0.0601. The van der Waals surface area contributed by atoms with Crippen molar-refractivity contribution in [2.75, 3.05) is 7.11 Å². The van der Waals surface area contributed by atoms with Gasteiger partial charge in [0.25, 0.3) is 0 Å². The molecule has 0 saturated carbocycles. The summed E-state index contributed by atoms with van der Waals surface area (Å²) in [6.45, 7) is 1.82. The molecule has 0 bridgehead atoms. The summed E-state index contributed by atoms with van der Waals surface area (Å²) in [6, 6.07) is 8.87. The highest BCUT2D eigenvalue weighted by Gasteiger charge is 2.08. The van der Waals surface area contributed by atoms with E-state index < -0.39 is 5.97 Å². The summed E-state index contributed by atoms with van der Waals surface area (Å²) < 4.78 is 4.63. The lowest BCUT2D eigenvalue weighted by Gasteiger charge is -2.06. The minimum Gasteiger partial charge on any atom is -0.507 e. The fraction of sp³-hybridized carbons (Fsp3) is 0.154. The Kier molecular flexibility index (Phi) is 2.52. The molecule has 2 aromatic carbocycles. The lowest BCUT2D eigenvalue weighted by atomic mass is 10.0. The fourth-order valence-corrected chi connectivity index (χ4v) is 1.66. The highest BCUT2D eigenvalue weighted by atomic mass is 16.5. The number of hydrogen-bond acceptors (Lipinski definition) is 3. The molecule has 0 amide bonds. The minimum absolute atomic E-state index is 0.211. The van der Waals surface area contributed by atoms with Crippen LogP contribution in [-0.2, 0) is 4.74 Å². The Morgan fingerprint density at radius 1 is 1.25 bits per heavy atom. The molecule has 0 atom stereocenters. The number of methoxy groups -OCH3 is 1. The predicted octanol–water partition coefficient (Wildman–Crippen LogP) is 2.64. The van der Waals surface area contributed by atoms with E-state index in [9.17, 15) is 9.90 Å². The van der Waals surface area contributed by atoms with Gasteiger partial charge in [0.05, 0.1) is 12.7 Å². The maximum absolute atomic E-state index is 11.3. The number of aryl methyl sites for hydroxylation is 1. The van der Waals surface area contributed by atoms with E-state index in [1.54, 1.807) is 18.2 Å². The molecule has 0 heterocycles. The lowest BCUT2D eigenvalue weighted by Crippen LogP contribution is -2.00. The van der Waals surface area contributed by atoms with Gasteiger partial charge in [-0.25, -0.2) is 4.79 Å². The number of esters is 1. The van der Waals surface area contributed by atoms with Crippen LogP contribution < -0.4 is 0 Å². The van der Waals surface area contributed by atoms with Gasteiger partial charge in [-0.1, -0.05) is 18.2 Å². The Labute approximate surface area is 93.3 Å². The molecular weight excluding hydrogens is 204 g/mol. The number of phenolic OH excluding ortho intramolecular Hbond substituents is 1.